The lowest BCUT2D eigenvalue weighted by Crippen LogP contribution is -2.47. The first kappa shape index (κ1) is 27.9. The predicted molar refractivity (Wildman–Crippen MR) is 138 cm³/mol. The van der Waals surface area contributed by atoms with E-state index in [4.69, 9.17) is 23.7 Å². The summed E-state index contributed by atoms with van der Waals surface area (Å²) in [6.45, 7) is 1.67. The van der Waals surface area contributed by atoms with Crippen molar-refractivity contribution >= 4 is 0 Å². The SMILES string of the molecule is COCOC[C@]1(OCc2ccccc2)C[C@H](n2cc(C)c(=O)n(COCc3ccccc3)c2=O)O[C@@H]1CO. The van der Waals surface area contributed by atoms with Crippen molar-refractivity contribution in [2.45, 2.75) is 51.2 Å². The van der Waals surface area contributed by atoms with E-state index < -0.39 is 29.2 Å². The molecule has 1 aliphatic rings. The molecule has 0 aliphatic carbocycles. The number of hydrogen-bond donors (Lipinski definition) is 1. The van der Waals surface area contributed by atoms with Gasteiger partial charge in [-0.2, -0.15) is 0 Å². The van der Waals surface area contributed by atoms with Crippen LogP contribution >= 0.6 is 0 Å². The molecule has 0 radical (unpaired) electrons. The van der Waals surface area contributed by atoms with E-state index in [0.717, 1.165) is 15.7 Å². The topological polar surface area (TPSA) is 110 Å². The minimum absolute atomic E-state index is 0.0297. The summed E-state index contributed by atoms with van der Waals surface area (Å²) in [4.78, 5) is 26.2. The predicted octanol–water partition coefficient (Wildman–Crippen LogP) is 2.35. The van der Waals surface area contributed by atoms with Gasteiger partial charge in [-0.1, -0.05) is 60.7 Å². The van der Waals surface area contributed by atoms with Gasteiger partial charge in [-0.15, -0.1) is 0 Å². The minimum Gasteiger partial charge on any atom is -0.394 e. The molecule has 0 amide bonds. The molecule has 1 saturated heterocycles. The Kier molecular flexibility index (Phi) is 9.62. The maximum absolute atomic E-state index is 13.4. The number of nitrogens with zero attached hydrogens (tertiary/aromatic N) is 2. The largest absolute Gasteiger partial charge is 0.394 e. The summed E-state index contributed by atoms with van der Waals surface area (Å²) in [5.41, 5.74) is 0.144. The van der Waals surface area contributed by atoms with Crippen molar-refractivity contribution in [3.05, 3.63) is 104 Å². The van der Waals surface area contributed by atoms with Gasteiger partial charge in [0.1, 0.15) is 31.5 Å². The summed E-state index contributed by atoms with van der Waals surface area (Å²) in [5.74, 6) is 0. The molecule has 1 aliphatic heterocycles. The van der Waals surface area contributed by atoms with Gasteiger partial charge in [0.15, 0.2) is 0 Å². The van der Waals surface area contributed by atoms with Gasteiger partial charge in [0.25, 0.3) is 5.56 Å². The molecule has 0 saturated carbocycles. The molecule has 0 unspecified atom stereocenters. The molecule has 1 fully saturated rings. The van der Waals surface area contributed by atoms with Crippen molar-refractivity contribution < 1.29 is 28.8 Å². The van der Waals surface area contributed by atoms with Gasteiger partial charge in [-0.3, -0.25) is 9.36 Å². The summed E-state index contributed by atoms with van der Waals surface area (Å²) in [6.07, 6.45) is 0.0917. The highest BCUT2D eigenvalue weighted by Gasteiger charge is 2.51. The maximum atomic E-state index is 13.4. The maximum Gasteiger partial charge on any atom is 0.335 e. The average molecular weight is 527 g/mol. The van der Waals surface area contributed by atoms with Gasteiger partial charge < -0.3 is 28.8 Å². The first-order valence-electron chi connectivity index (χ1n) is 12.4. The third-order valence-corrected chi connectivity index (χ3v) is 6.52. The highest BCUT2D eigenvalue weighted by molar-refractivity contribution is 5.15. The van der Waals surface area contributed by atoms with Gasteiger partial charge in [0, 0.05) is 25.3 Å². The molecule has 1 N–H and O–H groups in total. The molecule has 2 heterocycles. The number of rotatable bonds is 13. The van der Waals surface area contributed by atoms with Gasteiger partial charge >= 0.3 is 5.69 Å². The highest BCUT2D eigenvalue weighted by atomic mass is 16.7. The number of aliphatic hydroxyl groups is 1. The van der Waals surface area contributed by atoms with E-state index in [9.17, 15) is 14.7 Å². The number of aliphatic hydroxyl groups excluding tert-OH is 1. The number of aromatic nitrogens is 2. The van der Waals surface area contributed by atoms with Crippen molar-refractivity contribution in [2.24, 2.45) is 0 Å². The van der Waals surface area contributed by atoms with E-state index in [2.05, 4.69) is 0 Å². The number of ether oxygens (including phenoxy) is 5. The van der Waals surface area contributed by atoms with Gasteiger partial charge in [0.05, 0.1) is 26.4 Å². The first-order chi connectivity index (χ1) is 18.5. The third-order valence-electron chi connectivity index (χ3n) is 6.52. The molecule has 1 aromatic heterocycles. The Labute approximate surface area is 220 Å². The van der Waals surface area contributed by atoms with Crippen LogP contribution in [0.1, 0.15) is 29.3 Å². The zero-order valence-corrected chi connectivity index (χ0v) is 21.7. The molecule has 204 valence electrons. The van der Waals surface area contributed by atoms with Crippen molar-refractivity contribution in [1.82, 2.24) is 9.13 Å². The van der Waals surface area contributed by atoms with Crippen molar-refractivity contribution in [1.29, 1.82) is 0 Å². The van der Waals surface area contributed by atoms with E-state index >= 15 is 0 Å². The van der Waals surface area contributed by atoms with Crippen LogP contribution < -0.4 is 11.2 Å². The molecule has 4 rings (SSSR count). The van der Waals surface area contributed by atoms with Gasteiger partial charge in [0.2, 0.25) is 0 Å². The second-order valence-corrected chi connectivity index (χ2v) is 9.26. The van der Waals surface area contributed by atoms with Crippen LogP contribution in [0.4, 0.5) is 0 Å². The Morgan fingerprint density at radius 1 is 1.00 bits per heavy atom. The molecule has 0 spiro atoms. The fraction of sp³-hybridized carbons (Fsp3) is 0.429. The molecule has 10 heteroatoms. The standard InChI is InChI=1S/C28H34N2O8/c1-21-14-29(27(33)30(26(21)32)19-35-16-22-9-5-3-6-10-22)25-13-28(18-36-20-34-2,24(15-31)38-25)37-17-23-11-7-4-8-12-23/h3-12,14,24-25,31H,13,15-20H2,1-2H3/t24-,25-,28-/m1/s1. The highest BCUT2D eigenvalue weighted by Crippen LogP contribution is 2.40. The molecular formula is C28H34N2O8. The van der Waals surface area contributed by atoms with Crippen LogP contribution in [-0.2, 0) is 43.6 Å². The summed E-state index contributed by atoms with van der Waals surface area (Å²) in [5, 5.41) is 10.2. The van der Waals surface area contributed by atoms with Crippen LogP contribution in [0.15, 0.2) is 76.4 Å². The number of methoxy groups -OCH3 is 1. The van der Waals surface area contributed by atoms with E-state index in [1.54, 1.807) is 6.92 Å². The molecule has 2 aromatic carbocycles. The Bertz CT molecular complexity index is 1280. The normalized spacial score (nSPS) is 21.1. The third kappa shape index (κ3) is 6.47. The van der Waals surface area contributed by atoms with E-state index in [0.29, 0.717) is 5.56 Å². The van der Waals surface area contributed by atoms with E-state index in [1.807, 2.05) is 60.7 Å². The zero-order chi connectivity index (χ0) is 27.0. The zero-order valence-electron chi connectivity index (χ0n) is 21.7. The van der Waals surface area contributed by atoms with Gasteiger partial charge in [-0.25, -0.2) is 9.36 Å². The van der Waals surface area contributed by atoms with Crippen molar-refractivity contribution in [3.63, 3.8) is 0 Å². The molecule has 38 heavy (non-hydrogen) atoms. The van der Waals surface area contributed by atoms with Crippen LogP contribution in [0.25, 0.3) is 0 Å². The lowest BCUT2D eigenvalue weighted by molar-refractivity contribution is -0.169. The van der Waals surface area contributed by atoms with Crippen LogP contribution in [0.5, 0.6) is 0 Å². The van der Waals surface area contributed by atoms with Crippen molar-refractivity contribution in [2.75, 3.05) is 27.1 Å². The molecule has 0 bridgehead atoms. The fourth-order valence-electron chi connectivity index (χ4n) is 4.51. The first-order valence-corrected chi connectivity index (χ1v) is 12.4. The Balaban J connectivity index is 1.58. The Morgan fingerprint density at radius 3 is 2.29 bits per heavy atom. The monoisotopic (exact) mass is 526 g/mol. The Hall–Kier alpha value is -3.12. The quantitative estimate of drug-likeness (QED) is 0.267. The van der Waals surface area contributed by atoms with Gasteiger partial charge in [-0.05, 0) is 18.1 Å². The fourth-order valence-corrected chi connectivity index (χ4v) is 4.51. The summed E-state index contributed by atoms with van der Waals surface area (Å²) in [7, 11) is 1.51. The Morgan fingerprint density at radius 2 is 1.66 bits per heavy atom. The summed E-state index contributed by atoms with van der Waals surface area (Å²) < 4.78 is 31.3. The van der Waals surface area contributed by atoms with Crippen molar-refractivity contribution in [3.8, 4) is 0 Å². The summed E-state index contributed by atoms with van der Waals surface area (Å²) in [6, 6.07) is 19.1. The molecular weight excluding hydrogens is 492 g/mol. The molecule has 3 atom stereocenters. The van der Waals surface area contributed by atoms with Crippen LogP contribution in [0.2, 0.25) is 0 Å². The van der Waals surface area contributed by atoms with Crippen LogP contribution in [0.3, 0.4) is 0 Å². The van der Waals surface area contributed by atoms with Crippen LogP contribution in [0, 0.1) is 6.92 Å². The van der Waals surface area contributed by atoms with E-state index in [1.165, 1.54) is 17.9 Å². The summed E-state index contributed by atoms with van der Waals surface area (Å²) >= 11 is 0. The smallest absolute Gasteiger partial charge is 0.335 e. The average Bonchev–Trinajstić information content (AvgIpc) is 3.31. The minimum atomic E-state index is -1.06. The lowest BCUT2D eigenvalue weighted by atomic mass is 9.95. The second kappa shape index (κ2) is 13.1. The molecule has 3 aromatic rings. The second-order valence-electron chi connectivity index (χ2n) is 9.26. The van der Waals surface area contributed by atoms with Crippen LogP contribution in [-0.4, -0.2) is 53.1 Å². The number of aryl methyl sites for hydroxylation is 1. The number of hydrogen-bond acceptors (Lipinski definition) is 8. The van der Waals surface area contributed by atoms with E-state index in [-0.39, 0.29) is 46.4 Å². The lowest BCUT2D eigenvalue weighted by Gasteiger charge is -2.32. The molecule has 10 nitrogen and oxygen atoms in total. The number of benzene rings is 2.